The van der Waals surface area contributed by atoms with Gasteiger partial charge in [0.1, 0.15) is 0 Å². The zero-order chi connectivity index (χ0) is 11.5. The van der Waals surface area contributed by atoms with E-state index >= 15 is 0 Å². The number of rotatable bonds is 3. The van der Waals surface area contributed by atoms with Crippen LogP contribution in [0.25, 0.3) is 0 Å². The first-order chi connectivity index (χ1) is 7.66. The molecule has 0 fully saturated rings. The second kappa shape index (κ2) is 4.18. The number of nitrogens with two attached hydrogens (primary N) is 1. The fourth-order valence-corrected chi connectivity index (χ4v) is 1.70. The zero-order valence-electron chi connectivity index (χ0n) is 9.05. The molecule has 0 saturated heterocycles. The van der Waals surface area contributed by atoms with Gasteiger partial charge in [0.2, 0.25) is 5.91 Å². The number of amides is 1. The van der Waals surface area contributed by atoms with Crippen molar-refractivity contribution in [2.75, 3.05) is 0 Å². The van der Waals surface area contributed by atoms with E-state index in [1.165, 1.54) is 0 Å². The molecule has 0 spiro atoms. The topological polar surface area (TPSA) is 60.9 Å². The number of nitrogens with zero attached hydrogens (tertiary/aromatic N) is 2. The molecule has 0 aliphatic carbocycles. The van der Waals surface area contributed by atoms with Gasteiger partial charge in [-0.25, -0.2) is 0 Å². The molecule has 1 aromatic heterocycles. The molecule has 2 aromatic rings. The highest BCUT2D eigenvalue weighted by Crippen LogP contribution is 2.13. The fraction of sp³-hybridized carbons (Fsp3) is 0.167. The predicted molar refractivity (Wildman–Crippen MR) is 61.0 cm³/mol. The molecule has 4 nitrogen and oxygen atoms in total. The molecule has 0 aliphatic rings. The second-order valence-electron chi connectivity index (χ2n) is 3.72. The lowest BCUT2D eigenvalue weighted by Gasteiger charge is -2.04. The Hall–Kier alpha value is -2.10. The van der Waals surface area contributed by atoms with E-state index in [2.05, 4.69) is 5.10 Å². The molecule has 2 N–H and O–H groups in total. The van der Waals surface area contributed by atoms with Crippen LogP contribution >= 0.6 is 0 Å². The summed E-state index contributed by atoms with van der Waals surface area (Å²) in [5, 5.41) is 4.09. The molecular weight excluding hydrogens is 202 g/mol. The Morgan fingerprint density at radius 3 is 2.81 bits per heavy atom. The van der Waals surface area contributed by atoms with Gasteiger partial charge in [0.15, 0.2) is 0 Å². The van der Waals surface area contributed by atoms with E-state index in [9.17, 15) is 4.79 Å². The minimum absolute atomic E-state index is 0.389. The van der Waals surface area contributed by atoms with Crippen molar-refractivity contribution in [1.82, 2.24) is 9.78 Å². The maximum atomic E-state index is 11.2. The molecule has 0 radical (unpaired) electrons. The Labute approximate surface area is 93.7 Å². The van der Waals surface area contributed by atoms with Crippen LogP contribution in [-0.4, -0.2) is 15.7 Å². The molecule has 1 heterocycles. The summed E-state index contributed by atoms with van der Waals surface area (Å²) in [6.07, 6.45) is 4.39. The molecule has 0 atom stereocenters. The quantitative estimate of drug-likeness (QED) is 0.833. The third kappa shape index (κ3) is 2.11. The number of hydrogen-bond acceptors (Lipinski definition) is 2. The van der Waals surface area contributed by atoms with Gasteiger partial charge in [-0.15, -0.1) is 0 Å². The highest BCUT2D eigenvalue weighted by molar-refractivity contribution is 5.94. The lowest BCUT2D eigenvalue weighted by atomic mass is 10.0. The summed E-state index contributed by atoms with van der Waals surface area (Å²) in [5.74, 6) is -0.389. The van der Waals surface area contributed by atoms with Gasteiger partial charge < -0.3 is 5.73 Å². The summed E-state index contributed by atoms with van der Waals surface area (Å²) in [6, 6.07) is 7.37. The molecular formula is C12H13N3O. The molecule has 0 bridgehead atoms. The number of aryl methyl sites for hydroxylation is 1. The Balaban J connectivity index is 2.31. The van der Waals surface area contributed by atoms with Crippen molar-refractivity contribution in [3.63, 3.8) is 0 Å². The first-order valence-electron chi connectivity index (χ1n) is 5.02. The van der Waals surface area contributed by atoms with Crippen molar-refractivity contribution in [3.8, 4) is 0 Å². The summed E-state index contributed by atoms with van der Waals surface area (Å²) in [6.45, 7) is 0. The van der Waals surface area contributed by atoms with Crippen LogP contribution in [0.15, 0.2) is 36.7 Å². The monoisotopic (exact) mass is 215 g/mol. The van der Waals surface area contributed by atoms with E-state index in [4.69, 9.17) is 5.73 Å². The van der Waals surface area contributed by atoms with Crippen molar-refractivity contribution in [2.45, 2.75) is 6.42 Å². The van der Waals surface area contributed by atoms with E-state index in [0.29, 0.717) is 12.0 Å². The molecule has 1 amide bonds. The number of carbonyl (C=O) groups is 1. The summed E-state index contributed by atoms with van der Waals surface area (Å²) in [7, 11) is 1.86. The summed E-state index contributed by atoms with van der Waals surface area (Å²) < 4.78 is 1.74. The van der Waals surface area contributed by atoms with E-state index < -0.39 is 0 Å². The minimum atomic E-state index is -0.389. The minimum Gasteiger partial charge on any atom is -0.366 e. The summed E-state index contributed by atoms with van der Waals surface area (Å²) in [4.78, 5) is 11.2. The SMILES string of the molecule is Cn1cc(Cc2ccccc2C(N)=O)cn1. The lowest BCUT2D eigenvalue weighted by molar-refractivity contribution is 0.0999. The van der Waals surface area contributed by atoms with Crippen LogP contribution in [0.2, 0.25) is 0 Å². The molecule has 82 valence electrons. The number of carbonyl (C=O) groups excluding carboxylic acids is 1. The number of primary amides is 1. The largest absolute Gasteiger partial charge is 0.366 e. The van der Waals surface area contributed by atoms with Crippen molar-refractivity contribution in [2.24, 2.45) is 12.8 Å². The smallest absolute Gasteiger partial charge is 0.248 e. The van der Waals surface area contributed by atoms with E-state index in [1.807, 2.05) is 31.4 Å². The predicted octanol–water partition coefficient (Wildman–Crippen LogP) is 1.11. The summed E-state index contributed by atoms with van der Waals surface area (Å²) >= 11 is 0. The molecule has 0 saturated carbocycles. The van der Waals surface area contributed by atoms with Gasteiger partial charge in [-0.3, -0.25) is 9.48 Å². The van der Waals surface area contributed by atoms with Gasteiger partial charge in [-0.1, -0.05) is 18.2 Å². The third-order valence-electron chi connectivity index (χ3n) is 2.44. The van der Waals surface area contributed by atoms with Crippen LogP contribution in [0.4, 0.5) is 0 Å². The van der Waals surface area contributed by atoms with Crippen molar-refractivity contribution >= 4 is 5.91 Å². The van der Waals surface area contributed by atoms with E-state index in [-0.39, 0.29) is 5.91 Å². The number of aromatic nitrogens is 2. The maximum Gasteiger partial charge on any atom is 0.248 e. The van der Waals surface area contributed by atoms with Crippen LogP contribution in [0.5, 0.6) is 0 Å². The molecule has 4 heteroatoms. The van der Waals surface area contributed by atoms with Crippen molar-refractivity contribution in [1.29, 1.82) is 0 Å². The van der Waals surface area contributed by atoms with Gasteiger partial charge in [0.05, 0.1) is 6.20 Å². The Morgan fingerprint density at radius 2 is 2.19 bits per heavy atom. The van der Waals surface area contributed by atoms with Crippen LogP contribution < -0.4 is 5.73 Å². The first-order valence-corrected chi connectivity index (χ1v) is 5.02. The van der Waals surface area contributed by atoms with Crippen molar-refractivity contribution in [3.05, 3.63) is 53.3 Å². The van der Waals surface area contributed by atoms with Gasteiger partial charge in [0, 0.05) is 25.2 Å². The van der Waals surface area contributed by atoms with Crippen LogP contribution in [0.1, 0.15) is 21.5 Å². The summed E-state index contributed by atoms with van der Waals surface area (Å²) in [5.41, 5.74) is 7.89. The lowest BCUT2D eigenvalue weighted by Crippen LogP contribution is -2.13. The Bertz CT molecular complexity index is 516. The average molecular weight is 215 g/mol. The average Bonchev–Trinajstić information content (AvgIpc) is 2.64. The Kier molecular flexibility index (Phi) is 2.72. The zero-order valence-corrected chi connectivity index (χ0v) is 9.05. The third-order valence-corrected chi connectivity index (χ3v) is 2.44. The fourth-order valence-electron chi connectivity index (χ4n) is 1.70. The highest BCUT2D eigenvalue weighted by atomic mass is 16.1. The highest BCUT2D eigenvalue weighted by Gasteiger charge is 2.08. The van der Waals surface area contributed by atoms with Crippen LogP contribution in [-0.2, 0) is 13.5 Å². The molecule has 1 aromatic carbocycles. The van der Waals surface area contributed by atoms with Crippen LogP contribution in [0.3, 0.4) is 0 Å². The van der Waals surface area contributed by atoms with Gasteiger partial charge in [-0.2, -0.15) is 5.10 Å². The van der Waals surface area contributed by atoms with E-state index in [1.54, 1.807) is 16.9 Å². The standard InChI is InChI=1S/C12H13N3O/c1-15-8-9(7-14-15)6-10-4-2-3-5-11(10)12(13)16/h2-5,7-8H,6H2,1H3,(H2,13,16). The van der Waals surface area contributed by atoms with E-state index in [0.717, 1.165) is 11.1 Å². The number of benzene rings is 1. The molecule has 0 unspecified atom stereocenters. The van der Waals surface area contributed by atoms with Gasteiger partial charge >= 0.3 is 0 Å². The van der Waals surface area contributed by atoms with Gasteiger partial charge in [0.25, 0.3) is 0 Å². The maximum absolute atomic E-state index is 11.2. The molecule has 0 aliphatic heterocycles. The molecule has 16 heavy (non-hydrogen) atoms. The second-order valence-corrected chi connectivity index (χ2v) is 3.72. The van der Waals surface area contributed by atoms with Crippen LogP contribution in [0, 0.1) is 0 Å². The first kappa shape index (κ1) is 10.4. The Morgan fingerprint density at radius 1 is 1.44 bits per heavy atom. The van der Waals surface area contributed by atoms with Gasteiger partial charge in [-0.05, 0) is 17.2 Å². The van der Waals surface area contributed by atoms with Crippen molar-refractivity contribution < 1.29 is 4.79 Å². The normalized spacial score (nSPS) is 10.3. The number of hydrogen-bond donors (Lipinski definition) is 1. The molecule has 2 rings (SSSR count).